The van der Waals surface area contributed by atoms with Gasteiger partial charge in [-0.1, -0.05) is 26.7 Å². The highest BCUT2D eigenvalue weighted by Gasteiger charge is 1.93. The van der Waals surface area contributed by atoms with Gasteiger partial charge < -0.3 is 11.5 Å². The van der Waals surface area contributed by atoms with Crippen LogP contribution < -0.4 is 11.5 Å². The summed E-state index contributed by atoms with van der Waals surface area (Å²) >= 11 is 3.15. The van der Waals surface area contributed by atoms with Crippen LogP contribution in [-0.2, 0) is 0 Å². The first-order valence-corrected chi connectivity index (χ1v) is 5.07. The van der Waals surface area contributed by atoms with Gasteiger partial charge in [-0.25, -0.2) is 4.98 Å². The molecule has 0 atom stereocenters. The normalized spacial score (nSPS) is 8.85. The number of anilines is 2. The van der Waals surface area contributed by atoms with Crippen molar-refractivity contribution in [1.29, 1.82) is 0 Å². The molecule has 0 fully saturated rings. The van der Waals surface area contributed by atoms with Gasteiger partial charge in [-0.15, -0.1) is 0 Å². The SMILES string of the molecule is CCCC.Nc1cnc(Br)cc1N. The summed E-state index contributed by atoms with van der Waals surface area (Å²) in [5, 5.41) is 0. The Labute approximate surface area is 87.7 Å². The van der Waals surface area contributed by atoms with Crippen molar-refractivity contribution in [3.8, 4) is 0 Å². The number of aromatic nitrogens is 1. The van der Waals surface area contributed by atoms with Crippen LogP contribution in [0.4, 0.5) is 11.4 Å². The highest BCUT2D eigenvalue weighted by Crippen LogP contribution is 2.16. The zero-order chi connectivity index (χ0) is 10.3. The molecule has 0 aromatic carbocycles. The smallest absolute Gasteiger partial charge is 0.108 e. The number of hydrogen-bond donors (Lipinski definition) is 2. The second kappa shape index (κ2) is 6.71. The van der Waals surface area contributed by atoms with Gasteiger partial charge >= 0.3 is 0 Å². The molecular formula is C9H16BrN3. The highest BCUT2D eigenvalue weighted by molar-refractivity contribution is 9.10. The molecule has 0 amide bonds. The number of nitrogen functional groups attached to an aromatic ring is 2. The Kier molecular flexibility index (Phi) is 6.32. The fraction of sp³-hybridized carbons (Fsp3) is 0.444. The molecule has 0 unspecified atom stereocenters. The number of halogens is 1. The average molecular weight is 246 g/mol. The molecule has 0 spiro atoms. The summed E-state index contributed by atoms with van der Waals surface area (Å²) in [7, 11) is 0. The van der Waals surface area contributed by atoms with E-state index in [1.54, 1.807) is 6.07 Å². The summed E-state index contributed by atoms with van der Waals surface area (Å²) in [6.45, 7) is 4.36. The Balaban J connectivity index is 0.000000310. The van der Waals surface area contributed by atoms with Crippen molar-refractivity contribution in [2.24, 2.45) is 0 Å². The van der Waals surface area contributed by atoms with Crippen molar-refractivity contribution in [3.05, 3.63) is 16.9 Å². The van der Waals surface area contributed by atoms with Crippen molar-refractivity contribution < 1.29 is 0 Å². The maximum Gasteiger partial charge on any atom is 0.108 e. The van der Waals surface area contributed by atoms with Gasteiger partial charge in [-0.3, -0.25) is 0 Å². The molecule has 0 aliphatic rings. The summed E-state index contributed by atoms with van der Waals surface area (Å²) in [6.07, 6.45) is 4.15. The molecule has 0 saturated carbocycles. The van der Waals surface area contributed by atoms with E-state index in [1.165, 1.54) is 19.0 Å². The highest BCUT2D eigenvalue weighted by atomic mass is 79.9. The Morgan fingerprint density at radius 2 is 1.77 bits per heavy atom. The molecule has 74 valence electrons. The van der Waals surface area contributed by atoms with E-state index in [0.29, 0.717) is 16.0 Å². The number of rotatable bonds is 1. The molecule has 4 heteroatoms. The maximum atomic E-state index is 5.43. The first-order chi connectivity index (χ1) is 6.11. The molecule has 0 aliphatic heterocycles. The Bertz CT molecular complexity index is 249. The zero-order valence-corrected chi connectivity index (χ0v) is 9.63. The van der Waals surface area contributed by atoms with Crippen LogP contribution in [0, 0.1) is 0 Å². The number of pyridine rings is 1. The molecule has 1 heterocycles. The maximum absolute atomic E-state index is 5.43. The third-order valence-corrected chi connectivity index (χ3v) is 1.87. The average Bonchev–Trinajstić information content (AvgIpc) is 2.12. The summed E-state index contributed by atoms with van der Waals surface area (Å²) in [5.74, 6) is 0. The third kappa shape index (κ3) is 5.47. The standard InChI is InChI=1S/C5H6BrN3.C4H10/c6-5-1-3(7)4(8)2-9-5;1-3-4-2/h1-2H,8H2,(H2,7,9);3-4H2,1-2H3. The van der Waals surface area contributed by atoms with E-state index in [4.69, 9.17) is 11.5 Å². The predicted octanol–water partition coefficient (Wildman–Crippen LogP) is 2.81. The molecular weight excluding hydrogens is 230 g/mol. The van der Waals surface area contributed by atoms with Crippen LogP contribution in [0.3, 0.4) is 0 Å². The number of hydrogen-bond acceptors (Lipinski definition) is 3. The molecule has 0 saturated heterocycles. The van der Waals surface area contributed by atoms with Crippen molar-refractivity contribution in [1.82, 2.24) is 4.98 Å². The predicted molar refractivity (Wildman–Crippen MR) is 61.3 cm³/mol. The van der Waals surface area contributed by atoms with E-state index >= 15 is 0 Å². The lowest BCUT2D eigenvalue weighted by Gasteiger charge is -1.96. The Morgan fingerprint density at radius 1 is 1.23 bits per heavy atom. The van der Waals surface area contributed by atoms with E-state index in [0.717, 1.165) is 0 Å². The van der Waals surface area contributed by atoms with Crippen molar-refractivity contribution in [2.45, 2.75) is 26.7 Å². The van der Waals surface area contributed by atoms with Gasteiger partial charge in [0.05, 0.1) is 17.6 Å². The molecule has 1 rings (SSSR count). The van der Waals surface area contributed by atoms with Gasteiger partial charge in [-0.2, -0.15) is 0 Å². The first-order valence-electron chi connectivity index (χ1n) is 4.28. The molecule has 3 nitrogen and oxygen atoms in total. The molecule has 1 aromatic rings. The van der Waals surface area contributed by atoms with E-state index in [1.807, 2.05) is 0 Å². The van der Waals surface area contributed by atoms with Gasteiger partial charge in [0.15, 0.2) is 0 Å². The monoisotopic (exact) mass is 245 g/mol. The summed E-state index contributed by atoms with van der Waals surface area (Å²) in [5.41, 5.74) is 11.9. The van der Waals surface area contributed by atoms with Crippen LogP contribution in [0.1, 0.15) is 26.7 Å². The summed E-state index contributed by atoms with van der Waals surface area (Å²) in [4.78, 5) is 3.85. The lowest BCUT2D eigenvalue weighted by Crippen LogP contribution is -1.94. The molecule has 4 N–H and O–H groups in total. The van der Waals surface area contributed by atoms with Gasteiger partial charge in [0.25, 0.3) is 0 Å². The first kappa shape index (κ1) is 12.2. The third-order valence-electron chi connectivity index (χ3n) is 1.43. The van der Waals surface area contributed by atoms with E-state index in [9.17, 15) is 0 Å². The van der Waals surface area contributed by atoms with Crippen LogP contribution in [0.5, 0.6) is 0 Å². The van der Waals surface area contributed by atoms with Crippen molar-refractivity contribution in [3.63, 3.8) is 0 Å². The fourth-order valence-corrected chi connectivity index (χ4v) is 0.804. The molecule has 1 aromatic heterocycles. The van der Waals surface area contributed by atoms with Gasteiger partial charge in [0.2, 0.25) is 0 Å². The fourth-order valence-electron chi connectivity index (χ4n) is 0.455. The lowest BCUT2D eigenvalue weighted by atomic mass is 10.4. The van der Waals surface area contributed by atoms with Gasteiger partial charge in [-0.05, 0) is 22.0 Å². The summed E-state index contributed by atoms with van der Waals surface area (Å²) in [6, 6.07) is 1.66. The lowest BCUT2D eigenvalue weighted by molar-refractivity contribution is 0.886. The van der Waals surface area contributed by atoms with Gasteiger partial charge in [0.1, 0.15) is 4.60 Å². The molecule has 13 heavy (non-hydrogen) atoms. The largest absolute Gasteiger partial charge is 0.397 e. The topological polar surface area (TPSA) is 64.9 Å². The van der Waals surface area contributed by atoms with Crippen LogP contribution in [0.15, 0.2) is 16.9 Å². The molecule has 0 aliphatic carbocycles. The van der Waals surface area contributed by atoms with Crippen LogP contribution in [0.2, 0.25) is 0 Å². The van der Waals surface area contributed by atoms with Crippen LogP contribution in [0.25, 0.3) is 0 Å². The van der Waals surface area contributed by atoms with Crippen LogP contribution in [-0.4, -0.2) is 4.98 Å². The Morgan fingerprint density at radius 3 is 2.08 bits per heavy atom. The second-order valence-corrected chi connectivity index (χ2v) is 3.45. The Hall–Kier alpha value is -0.770. The van der Waals surface area contributed by atoms with E-state index in [2.05, 4.69) is 34.8 Å². The van der Waals surface area contributed by atoms with Crippen molar-refractivity contribution >= 4 is 27.3 Å². The van der Waals surface area contributed by atoms with Crippen LogP contribution >= 0.6 is 15.9 Å². The minimum Gasteiger partial charge on any atom is -0.397 e. The number of unbranched alkanes of at least 4 members (excludes halogenated alkanes) is 1. The number of nitrogens with zero attached hydrogens (tertiary/aromatic N) is 1. The number of nitrogens with two attached hydrogens (primary N) is 2. The molecule has 0 bridgehead atoms. The van der Waals surface area contributed by atoms with Crippen molar-refractivity contribution in [2.75, 3.05) is 11.5 Å². The second-order valence-electron chi connectivity index (χ2n) is 2.64. The van der Waals surface area contributed by atoms with E-state index in [-0.39, 0.29) is 0 Å². The molecule has 0 radical (unpaired) electrons. The zero-order valence-electron chi connectivity index (χ0n) is 8.05. The minimum atomic E-state index is 0.512. The summed E-state index contributed by atoms with van der Waals surface area (Å²) < 4.78 is 0.703. The van der Waals surface area contributed by atoms with Gasteiger partial charge in [0, 0.05) is 0 Å². The quantitative estimate of drug-likeness (QED) is 0.749. The minimum absolute atomic E-state index is 0.512. The van der Waals surface area contributed by atoms with E-state index < -0.39 is 0 Å².